The molecule has 0 radical (unpaired) electrons. The lowest BCUT2D eigenvalue weighted by atomic mass is 10.0. The zero-order chi connectivity index (χ0) is 22.6. The Balaban J connectivity index is 1.90. The lowest BCUT2D eigenvalue weighted by molar-refractivity contribution is -0.115. The standard InChI is InChI=1S/C27H44N2OS/c1-3-4-5-6-7-8-9-10-11-12-13-14-15-16-23-28-27(31)29-26(30)22-21-25-19-17-24(2)18-20-25/h17-22H,3-16,23H2,1-2H3,(H2,28,29,30,31)/b22-21+. The number of unbranched alkanes of at least 4 members (excludes halogenated alkanes) is 13. The summed E-state index contributed by atoms with van der Waals surface area (Å²) in [6.45, 7) is 5.14. The lowest BCUT2D eigenvalue weighted by Gasteiger charge is -2.08. The third kappa shape index (κ3) is 16.7. The molecule has 3 nitrogen and oxygen atoms in total. The van der Waals surface area contributed by atoms with E-state index in [0.29, 0.717) is 5.11 Å². The van der Waals surface area contributed by atoms with Gasteiger partial charge in [0.05, 0.1) is 0 Å². The molecule has 0 aromatic heterocycles. The first-order valence-electron chi connectivity index (χ1n) is 12.5. The molecule has 1 rings (SSSR count). The molecule has 0 saturated carbocycles. The number of rotatable bonds is 17. The van der Waals surface area contributed by atoms with Gasteiger partial charge in [0.25, 0.3) is 0 Å². The van der Waals surface area contributed by atoms with Crippen LogP contribution < -0.4 is 10.6 Å². The smallest absolute Gasteiger partial charge is 0.250 e. The van der Waals surface area contributed by atoms with Crippen molar-refractivity contribution in [2.45, 2.75) is 104 Å². The van der Waals surface area contributed by atoms with Gasteiger partial charge in [-0.1, -0.05) is 120 Å². The normalized spacial score (nSPS) is 11.0. The Morgan fingerprint density at radius 3 is 1.81 bits per heavy atom. The number of hydrogen-bond acceptors (Lipinski definition) is 2. The fourth-order valence-corrected chi connectivity index (χ4v) is 3.77. The van der Waals surface area contributed by atoms with E-state index < -0.39 is 0 Å². The fourth-order valence-electron chi connectivity index (χ4n) is 3.57. The van der Waals surface area contributed by atoms with Crippen molar-refractivity contribution >= 4 is 29.3 Å². The van der Waals surface area contributed by atoms with E-state index in [1.165, 1.54) is 95.1 Å². The van der Waals surface area contributed by atoms with Crippen molar-refractivity contribution in [3.8, 4) is 0 Å². The monoisotopic (exact) mass is 444 g/mol. The lowest BCUT2D eigenvalue weighted by Crippen LogP contribution is -2.38. The number of benzene rings is 1. The van der Waals surface area contributed by atoms with Crippen LogP contribution in [-0.4, -0.2) is 17.6 Å². The first-order valence-corrected chi connectivity index (χ1v) is 12.9. The number of carbonyl (C=O) groups is 1. The van der Waals surface area contributed by atoms with Crippen LogP contribution in [0.25, 0.3) is 6.08 Å². The number of hydrogen-bond donors (Lipinski definition) is 2. The minimum atomic E-state index is -0.195. The summed E-state index contributed by atoms with van der Waals surface area (Å²) in [6.07, 6.45) is 22.3. The third-order valence-corrected chi connectivity index (χ3v) is 5.80. The summed E-state index contributed by atoms with van der Waals surface area (Å²) < 4.78 is 0. The highest BCUT2D eigenvalue weighted by atomic mass is 32.1. The molecule has 0 atom stereocenters. The maximum absolute atomic E-state index is 11.9. The molecule has 1 aromatic rings. The topological polar surface area (TPSA) is 41.1 Å². The summed E-state index contributed by atoms with van der Waals surface area (Å²) in [4.78, 5) is 11.9. The van der Waals surface area contributed by atoms with E-state index in [2.05, 4.69) is 17.6 Å². The number of nitrogens with one attached hydrogen (secondary N) is 2. The maximum atomic E-state index is 11.9. The Morgan fingerprint density at radius 1 is 0.806 bits per heavy atom. The van der Waals surface area contributed by atoms with Gasteiger partial charge in [-0.15, -0.1) is 0 Å². The molecule has 4 heteroatoms. The molecule has 0 unspecified atom stereocenters. The van der Waals surface area contributed by atoms with Crippen LogP contribution in [0.4, 0.5) is 0 Å². The fraction of sp³-hybridized carbons (Fsp3) is 0.630. The summed E-state index contributed by atoms with van der Waals surface area (Å²) in [5.74, 6) is -0.195. The number of thiocarbonyl (C=S) groups is 1. The Labute approximate surface area is 196 Å². The second-order valence-electron chi connectivity index (χ2n) is 8.59. The van der Waals surface area contributed by atoms with Crippen LogP contribution in [0.15, 0.2) is 30.3 Å². The molecule has 0 aliphatic heterocycles. The second-order valence-corrected chi connectivity index (χ2v) is 8.99. The molecule has 0 spiro atoms. The van der Waals surface area contributed by atoms with E-state index >= 15 is 0 Å². The van der Waals surface area contributed by atoms with Crippen molar-refractivity contribution in [2.24, 2.45) is 0 Å². The highest BCUT2D eigenvalue weighted by molar-refractivity contribution is 7.80. The van der Waals surface area contributed by atoms with Crippen LogP contribution in [0.5, 0.6) is 0 Å². The third-order valence-electron chi connectivity index (χ3n) is 5.56. The van der Waals surface area contributed by atoms with Crippen molar-refractivity contribution in [1.82, 2.24) is 10.6 Å². The molecule has 0 bridgehead atoms. The summed E-state index contributed by atoms with van der Waals surface area (Å²) >= 11 is 5.20. The molecule has 0 aliphatic carbocycles. The van der Waals surface area contributed by atoms with Gasteiger partial charge >= 0.3 is 0 Å². The molecular weight excluding hydrogens is 400 g/mol. The zero-order valence-corrected chi connectivity index (χ0v) is 20.7. The highest BCUT2D eigenvalue weighted by Gasteiger charge is 2.00. The number of aryl methyl sites for hydroxylation is 1. The summed E-state index contributed by atoms with van der Waals surface area (Å²) in [6, 6.07) is 8.04. The molecule has 31 heavy (non-hydrogen) atoms. The zero-order valence-electron chi connectivity index (χ0n) is 19.9. The quantitative estimate of drug-likeness (QED) is 0.149. The minimum absolute atomic E-state index is 0.195. The van der Waals surface area contributed by atoms with Crippen LogP contribution in [0, 0.1) is 6.92 Å². The van der Waals surface area contributed by atoms with Gasteiger partial charge in [-0.2, -0.15) is 0 Å². The van der Waals surface area contributed by atoms with Crippen LogP contribution in [0.1, 0.15) is 108 Å². The molecule has 0 heterocycles. The second kappa shape index (κ2) is 19.0. The van der Waals surface area contributed by atoms with E-state index in [9.17, 15) is 4.79 Å². The molecule has 0 aliphatic rings. The average molecular weight is 445 g/mol. The Hall–Kier alpha value is -1.68. The van der Waals surface area contributed by atoms with E-state index in [1.807, 2.05) is 31.2 Å². The van der Waals surface area contributed by atoms with Crippen LogP contribution in [-0.2, 0) is 4.79 Å². The van der Waals surface area contributed by atoms with Gasteiger partial charge in [-0.05, 0) is 37.2 Å². The molecule has 2 N–H and O–H groups in total. The van der Waals surface area contributed by atoms with E-state index in [-0.39, 0.29) is 5.91 Å². The first-order chi connectivity index (χ1) is 15.1. The van der Waals surface area contributed by atoms with Gasteiger partial charge in [0.15, 0.2) is 5.11 Å². The summed E-state index contributed by atoms with van der Waals surface area (Å²) in [5, 5.41) is 6.24. The molecule has 174 valence electrons. The van der Waals surface area contributed by atoms with Gasteiger partial charge in [0, 0.05) is 12.6 Å². The van der Waals surface area contributed by atoms with E-state index in [0.717, 1.165) is 18.5 Å². The molecule has 1 aromatic carbocycles. The largest absolute Gasteiger partial charge is 0.362 e. The van der Waals surface area contributed by atoms with Crippen molar-refractivity contribution < 1.29 is 4.79 Å². The number of carbonyl (C=O) groups excluding carboxylic acids is 1. The van der Waals surface area contributed by atoms with Crippen molar-refractivity contribution in [2.75, 3.05) is 6.54 Å². The van der Waals surface area contributed by atoms with Crippen molar-refractivity contribution in [3.05, 3.63) is 41.5 Å². The molecule has 0 saturated heterocycles. The predicted octanol–water partition coefficient (Wildman–Crippen LogP) is 7.48. The summed E-state index contributed by atoms with van der Waals surface area (Å²) in [5.41, 5.74) is 2.21. The molecular formula is C27H44N2OS. The van der Waals surface area contributed by atoms with Gasteiger partial charge in [0.2, 0.25) is 5.91 Å². The molecule has 0 fully saturated rings. The molecule has 1 amide bonds. The SMILES string of the molecule is CCCCCCCCCCCCCCCCNC(=S)NC(=O)/C=C/c1ccc(C)cc1. The first kappa shape index (κ1) is 27.4. The predicted molar refractivity (Wildman–Crippen MR) is 139 cm³/mol. The van der Waals surface area contributed by atoms with Crippen LogP contribution in [0.2, 0.25) is 0 Å². The van der Waals surface area contributed by atoms with E-state index in [4.69, 9.17) is 12.2 Å². The van der Waals surface area contributed by atoms with Crippen LogP contribution in [0.3, 0.4) is 0 Å². The number of amides is 1. The van der Waals surface area contributed by atoms with Gasteiger partial charge in [-0.25, -0.2) is 0 Å². The Bertz CT molecular complexity index is 625. The average Bonchev–Trinajstić information content (AvgIpc) is 2.76. The maximum Gasteiger partial charge on any atom is 0.250 e. The Kier molecular flexibility index (Phi) is 16.8. The van der Waals surface area contributed by atoms with Crippen molar-refractivity contribution in [1.29, 1.82) is 0 Å². The minimum Gasteiger partial charge on any atom is -0.362 e. The highest BCUT2D eigenvalue weighted by Crippen LogP contribution is 2.12. The summed E-state index contributed by atoms with van der Waals surface area (Å²) in [7, 11) is 0. The van der Waals surface area contributed by atoms with Crippen LogP contribution >= 0.6 is 12.2 Å². The van der Waals surface area contributed by atoms with Gasteiger partial charge in [0.1, 0.15) is 0 Å². The van der Waals surface area contributed by atoms with Gasteiger partial charge in [-0.3, -0.25) is 10.1 Å². The van der Waals surface area contributed by atoms with Crippen molar-refractivity contribution in [3.63, 3.8) is 0 Å². The van der Waals surface area contributed by atoms with E-state index in [1.54, 1.807) is 6.08 Å². The Morgan fingerprint density at radius 2 is 1.29 bits per heavy atom. The van der Waals surface area contributed by atoms with Gasteiger partial charge < -0.3 is 5.32 Å².